The molecule has 1 fully saturated rings. The van der Waals surface area contributed by atoms with Gasteiger partial charge in [-0.05, 0) is 43.2 Å². The minimum atomic E-state index is -1.01. The van der Waals surface area contributed by atoms with Crippen LogP contribution in [0.4, 0.5) is 20.3 Å². The fourth-order valence-electron chi connectivity index (χ4n) is 4.50. The second-order valence-corrected chi connectivity index (χ2v) is 8.65. The third-order valence-corrected chi connectivity index (χ3v) is 6.50. The molecule has 0 saturated carbocycles. The molecule has 0 aliphatic carbocycles. The maximum absolute atomic E-state index is 14.4. The van der Waals surface area contributed by atoms with Gasteiger partial charge in [0.1, 0.15) is 23.7 Å². The zero-order valence-electron chi connectivity index (χ0n) is 18.2. The minimum absolute atomic E-state index is 0.0857. The maximum atomic E-state index is 14.4. The van der Waals surface area contributed by atoms with E-state index in [1.807, 2.05) is 31.2 Å². The SMILES string of the molecule is CN1CCC(C)(c2ccc(Nc3nc(-c4c(F)cccc4F)nc4c3C(O)NC4)cc2)C1=O. The second kappa shape index (κ2) is 7.86. The first-order chi connectivity index (χ1) is 15.8. The molecule has 2 unspecified atom stereocenters. The van der Waals surface area contributed by atoms with Gasteiger partial charge in [0.25, 0.3) is 0 Å². The minimum Gasteiger partial charge on any atom is -0.374 e. The Morgan fingerprint density at radius 2 is 1.85 bits per heavy atom. The topological polar surface area (TPSA) is 90.4 Å². The molecule has 1 saturated heterocycles. The number of aliphatic hydroxyl groups is 1. The molecule has 1 aromatic heterocycles. The van der Waals surface area contributed by atoms with Crippen molar-refractivity contribution in [2.24, 2.45) is 0 Å². The lowest BCUT2D eigenvalue weighted by molar-refractivity contribution is -0.130. The number of halogens is 2. The highest BCUT2D eigenvalue weighted by Crippen LogP contribution is 2.37. The van der Waals surface area contributed by atoms with Crippen molar-refractivity contribution in [3.05, 3.63) is 70.9 Å². The Balaban J connectivity index is 1.51. The smallest absolute Gasteiger partial charge is 0.232 e. The van der Waals surface area contributed by atoms with Gasteiger partial charge in [0.05, 0.1) is 22.2 Å². The molecule has 2 aromatic carbocycles. The molecule has 33 heavy (non-hydrogen) atoms. The molecule has 3 aromatic rings. The zero-order valence-corrected chi connectivity index (χ0v) is 18.2. The molecule has 5 rings (SSSR count). The van der Waals surface area contributed by atoms with Gasteiger partial charge in [-0.2, -0.15) is 0 Å². The summed E-state index contributed by atoms with van der Waals surface area (Å²) in [6.45, 7) is 2.89. The van der Waals surface area contributed by atoms with Crippen LogP contribution < -0.4 is 10.6 Å². The molecule has 170 valence electrons. The van der Waals surface area contributed by atoms with Crippen molar-refractivity contribution < 1.29 is 18.7 Å². The number of aromatic nitrogens is 2. The average molecular weight is 451 g/mol. The van der Waals surface area contributed by atoms with E-state index in [2.05, 4.69) is 20.6 Å². The van der Waals surface area contributed by atoms with Crippen molar-refractivity contribution in [2.75, 3.05) is 18.9 Å². The van der Waals surface area contributed by atoms with Crippen molar-refractivity contribution in [1.82, 2.24) is 20.2 Å². The standard InChI is InChI=1S/C24H23F2N5O2/c1-24(10-11-31(2)23(24)33)13-6-8-14(9-7-13)28-21-19-17(12-27-22(19)32)29-20(30-21)18-15(25)4-3-5-16(18)26/h3-9,22,27,32H,10-12H2,1-2H3,(H,28,29,30). The Morgan fingerprint density at radius 1 is 1.15 bits per heavy atom. The van der Waals surface area contributed by atoms with Gasteiger partial charge in [0.2, 0.25) is 5.91 Å². The predicted octanol–water partition coefficient (Wildman–Crippen LogP) is 3.38. The molecule has 2 aliphatic rings. The van der Waals surface area contributed by atoms with Gasteiger partial charge >= 0.3 is 0 Å². The number of nitrogens with zero attached hydrogens (tertiary/aromatic N) is 3. The van der Waals surface area contributed by atoms with Crippen LogP contribution in [0.5, 0.6) is 0 Å². The number of rotatable bonds is 4. The van der Waals surface area contributed by atoms with E-state index in [0.29, 0.717) is 23.5 Å². The number of aliphatic hydroxyl groups excluding tert-OH is 1. The lowest BCUT2D eigenvalue weighted by Gasteiger charge is -2.23. The summed E-state index contributed by atoms with van der Waals surface area (Å²) in [5.41, 5.74) is 1.56. The lowest BCUT2D eigenvalue weighted by atomic mass is 9.81. The number of hydrogen-bond acceptors (Lipinski definition) is 6. The van der Waals surface area contributed by atoms with Gasteiger partial charge < -0.3 is 15.3 Å². The predicted molar refractivity (Wildman–Crippen MR) is 119 cm³/mol. The number of nitrogens with one attached hydrogen (secondary N) is 2. The van der Waals surface area contributed by atoms with Gasteiger partial charge in [0, 0.05) is 25.8 Å². The molecule has 2 aliphatic heterocycles. The van der Waals surface area contributed by atoms with E-state index in [9.17, 15) is 18.7 Å². The molecular formula is C24H23F2N5O2. The highest BCUT2D eigenvalue weighted by molar-refractivity contribution is 5.89. The summed E-state index contributed by atoms with van der Waals surface area (Å²) in [5, 5.41) is 16.4. The maximum Gasteiger partial charge on any atom is 0.232 e. The van der Waals surface area contributed by atoms with Crippen molar-refractivity contribution in [1.29, 1.82) is 0 Å². The van der Waals surface area contributed by atoms with E-state index in [1.165, 1.54) is 6.07 Å². The van der Waals surface area contributed by atoms with Crippen LogP contribution >= 0.6 is 0 Å². The Morgan fingerprint density at radius 3 is 2.48 bits per heavy atom. The number of fused-ring (bicyclic) bond motifs is 1. The fraction of sp³-hybridized carbons (Fsp3) is 0.292. The second-order valence-electron chi connectivity index (χ2n) is 8.65. The number of hydrogen-bond donors (Lipinski definition) is 3. The van der Waals surface area contributed by atoms with E-state index < -0.39 is 23.3 Å². The molecule has 3 N–H and O–H groups in total. The van der Waals surface area contributed by atoms with Crippen molar-refractivity contribution in [3.8, 4) is 11.4 Å². The van der Waals surface area contributed by atoms with Crippen LogP contribution in [0.3, 0.4) is 0 Å². The number of anilines is 2. The van der Waals surface area contributed by atoms with Crippen molar-refractivity contribution in [3.63, 3.8) is 0 Å². The van der Waals surface area contributed by atoms with Crippen LogP contribution in [0.1, 0.15) is 36.4 Å². The first-order valence-corrected chi connectivity index (χ1v) is 10.7. The van der Waals surface area contributed by atoms with Gasteiger partial charge in [-0.1, -0.05) is 18.2 Å². The summed E-state index contributed by atoms with van der Waals surface area (Å²) in [6.07, 6.45) is -0.268. The highest BCUT2D eigenvalue weighted by atomic mass is 19.1. The van der Waals surface area contributed by atoms with E-state index >= 15 is 0 Å². The molecule has 0 spiro atoms. The van der Waals surface area contributed by atoms with E-state index in [0.717, 1.165) is 24.1 Å². The van der Waals surface area contributed by atoms with Crippen molar-refractivity contribution >= 4 is 17.4 Å². The first kappa shape index (κ1) is 21.4. The van der Waals surface area contributed by atoms with E-state index in [-0.39, 0.29) is 29.7 Å². The third-order valence-electron chi connectivity index (χ3n) is 6.50. The van der Waals surface area contributed by atoms with Crippen LogP contribution in [0.15, 0.2) is 42.5 Å². The summed E-state index contributed by atoms with van der Waals surface area (Å²) in [7, 11) is 1.80. The summed E-state index contributed by atoms with van der Waals surface area (Å²) < 4.78 is 28.7. The number of carbonyl (C=O) groups excluding carboxylic acids is 1. The largest absolute Gasteiger partial charge is 0.374 e. The number of amides is 1. The van der Waals surface area contributed by atoms with Crippen LogP contribution in [0.25, 0.3) is 11.4 Å². The Bertz CT molecular complexity index is 1230. The van der Waals surface area contributed by atoms with Gasteiger partial charge in [-0.15, -0.1) is 0 Å². The van der Waals surface area contributed by atoms with Gasteiger partial charge in [-0.25, -0.2) is 18.7 Å². The molecule has 3 heterocycles. The number of benzene rings is 2. The van der Waals surface area contributed by atoms with Gasteiger partial charge in [-0.3, -0.25) is 10.1 Å². The summed E-state index contributed by atoms with van der Waals surface area (Å²) in [6, 6.07) is 11.0. The molecule has 0 bridgehead atoms. The number of likely N-dealkylation sites (tertiary alicyclic amines) is 1. The normalized spacial score (nSPS) is 22.0. The molecule has 7 nitrogen and oxygen atoms in total. The quantitative estimate of drug-likeness (QED) is 0.564. The van der Waals surface area contributed by atoms with E-state index in [1.54, 1.807) is 11.9 Å². The van der Waals surface area contributed by atoms with Crippen LogP contribution in [-0.2, 0) is 16.8 Å². The summed E-state index contributed by atoms with van der Waals surface area (Å²) >= 11 is 0. The molecule has 2 atom stereocenters. The average Bonchev–Trinajstić information content (AvgIpc) is 3.29. The molecule has 0 radical (unpaired) electrons. The summed E-state index contributed by atoms with van der Waals surface area (Å²) in [5.74, 6) is -1.30. The van der Waals surface area contributed by atoms with E-state index in [4.69, 9.17) is 0 Å². The molecular weight excluding hydrogens is 428 g/mol. The Kier molecular flexibility index (Phi) is 5.10. The Labute approximate surface area is 189 Å². The van der Waals surface area contributed by atoms with Gasteiger partial charge in [0.15, 0.2) is 5.82 Å². The zero-order chi connectivity index (χ0) is 23.3. The summed E-state index contributed by atoms with van der Waals surface area (Å²) in [4.78, 5) is 23.0. The van der Waals surface area contributed by atoms with Crippen LogP contribution in [0, 0.1) is 11.6 Å². The monoisotopic (exact) mass is 451 g/mol. The number of likely N-dealkylation sites (N-methyl/N-ethyl adjacent to an activating group) is 1. The fourth-order valence-corrected chi connectivity index (χ4v) is 4.50. The third kappa shape index (κ3) is 3.53. The Hall–Kier alpha value is -3.43. The lowest BCUT2D eigenvalue weighted by Crippen LogP contribution is -2.33. The molecule has 9 heteroatoms. The van der Waals surface area contributed by atoms with Crippen LogP contribution in [-0.4, -0.2) is 39.5 Å². The number of carbonyl (C=O) groups is 1. The molecule has 1 amide bonds. The van der Waals surface area contributed by atoms with Crippen molar-refractivity contribution in [2.45, 2.75) is 31.5 Å². The first-order valence-electron chi connectivity index (χ1n) is 10.7. The highest BCUT2D eigenvalue weighted by Gasteiger charge is 2.42. The van der Waals surface area contributed by atoms with Crippen LogP contribution in [0.2, 0.25) is 0 Å².